The molecule has 0 saturated heterocycles. The first kappa shape index (κ1) is 13.1. The number of hydrogen-bond donors (Lipinski definition) is 3. The zero-order chi connectivity index (χ0) is 13.7. The van der Waals surface area contributed by atoms with Crippen LogP contribution in [0.25, 0.3) is 10.9 Å². The lowest BCUT2D eigenvalue weighted by Crippen LogP contribution is -2.21. The number of rotatable bonds is 5. The molecule has 1 amide bonds. The highest BCUT2D eigenvalue weighted by molar-refractivity contribution is 5.90. The molecular formula is C13H17N5O. The molecule has 2 aromatic rings. The Balaban J connectivity index is 2.23. The van der Waals surface area contributed by atoms with Crippen molar-refractivity contribution >= 4 is 28.6 Å². The minimum Gasteiger partial charge on any atom is -0.369 e. The van der Waals surface area contributed by atoms with E-state index in [2.05, 4.69) is 25.9 Å². The molecule has 1 aromatic heterocycles. The molecule has 3 N–H and O–H groups in total. The molecule has 0 aliphatic rings. The lowest BCUT2D eigenvalue weighted by molar-refractivity contribution is -0.120. The van der Waals surface area contributed by atoms with Crippen LogP contribution in [0.2, 0.25) is 0 Å². The predicted octanol–water partition coefficient (Wildman–Crippen LogP) is 1.22. The molecule has 2 rings (SSSR count). The Bertz CT molecular complexity index is 584. The highest BCUT2D eigenvalue weighted by atomic mass is 16.1. The SMILES string of the molecule is CNC(=O)CCNc1nc(NC)nc2ccccc12. The van der Waals surface area contributed by atoms with Crippen molar-refractivity contribution in [3.05, 3.63) is 24.3 Å². The lowest BCUT2D eigenvalue weighted by atomic mass is 10.2. The summed E-state index contributed by atoms with van der Waals surface area (Å²) in [5, 5.41) is 9.63. The minimum atomic E-state index is -0.000276. The van der Waals surface area contributed by atoms with Gasteiger partial charge in [-0.1, -0.05) is 12.1 Å². The summed E-state index contributed by atoms with van der Waals surface area (Å²) in [6, 6.07) is 7.76. The maximum atomic E-state index is 11.2. The van der Waals surface area contributed by atoms with Crippen LogP contribution in [0.4, 0.5) is 11.8 Å². The Morgan fingerprint density at radius 1 is 1.21 bits per heavy atom. The van der Waals surface area contributed by atoms with E-state index in [1.165, 1.54) is 0 Å². The van der Waals surface area contributed by atoms with Gasteiger partial charge in [0.25, 0.3) is 0 Å². The van der Waals surface area contributed by atoms with Gasteiger partial charge in [0.1, 0.15) is 5.82 Å². The molecule has 6 nitrogen and oxygen atoms in total. The first-order chi connectivity index (χ1) is 9.24. The van der Waals surface area contributed by atoms with Crippen LogP contribution in [0.3, 0.4) is 0 Å². The van der Waals surface area contributed by atoms with Crippen LogP contribution in [0.15, 0.2) is 24.3 Å². The molecule has 0 radical (unpaired) electrons. The number of aromatic nitrogens is 2. The summed E-state index contributed by atoms with van der Waals surface area (Å²) in [4.78, 5) is 19.9. The highest BCUT2D eigenvalue weighted by Gasteiger charge is 2.06. The standard InChI is InChI=1S/C13H17N5O/c1-14-11(19)7-8-16-12-9-5-3-4-6-10(9)17-13(15-2)18-12/h3-6H,7-8H2,1-2H3,(H,14,19)(H2,15,16,17,18). The third kappa shape index (κ3) is 3.09. The summed E-state index contributed by atoms with van der Waals surface area (Å²) in [5.41, 5.74) is 0.865. The van der Waals surface area contributed by atoms with Gasteiger partial charge in [-0.3, -0.25) is 4.79 Å². The molecule has 100 valence electrons. The molecule has 0 bridgehead atoms. The average Bonchev–Trinajstić information content (AvgIpc) is 2.46. The minimum absolute atomic E-state index is 0.000276. The summed E-state index contributed by atoms with van der Waals surface area (Å²) in [5.74, 6) is 1.29. The summed E-state index contributed by atoms with van der Waals surface area (Å²) >= 11 is 0. The monoisotopic (exact) mass is 259 g/mol. The molecule has 0 aliphatic carbocycles. The van der Waals surface area contributed by atoms with E-state index < -0.39 is 0 Å². The van der Waals surface area contributed by atoms with Gasteiger partial charge in [0.2, 0.25) is 11.9 Å². The molecular weight excluding hydrogens is 242 g/mol. The summed E-state index contributed by atoms with van der Waals surface area (Å²) < 4.78 is 0. The van der Waals surface area contributed by atoms with Gasteiger partial charge in [-0.15, -0.1) is 0 Å². The molecule has 0 atom stereocenters. The van der Waals surface area contributed by atoms with Crippen LogP contribution in [0, 0.1) is 0 Å². The average molecular weight is 259 g/mol. The fraction of sp³-hybridized carbons (Fsp3) is 0.308. The number of carbonyl (C=O) groups excluding carboxylic acids is 1. The maximum Gasteiger partial charge on any atom is 0.224 e. The summed E-state index contributed by atoms with van der Waals surface area (Å²) in [7, 11) is 3.40. The Morgan fingerprint density at radius 2 is 2.00 bits per heavy atom. The first-order valence-electron chi connectivity index (χ1n) is 6.13. The second-order valence-corrected chi connectivity index (χ2v) is 4.01. The smallest absolute Gasteiger partial charge is 0.224 e. The quantitative estimate of drug-likeness (QED) is 0.752. The zero-order valence-electron chi connectivity index (χ0n) is 11.0. The van der Waals surface area contributed by atoms with Gasteiger partial charge >= 0.3 is 0 Å². The van der Waals surface area contributed by atoms with Gasteiger partial charge in [0, 0.05) is 32.4 Å². The van der Waals surface area contributed by atoms with Crippen molar-refractivity contribution < 1.29 is 4.79 Å². The zero-order valence-corrected chi connectivity index (χ0v) is 11.0. The number of amides is 1. The second-order valence-electron chi connectivity index (χ2n) is 4.01. The van der Waals surface area contributed by atoms with Gasteiger partial charge in [0.15, 0.2) is 0 Å². The Morgan fingerprint density at radius 3 is 2.74 bits per heavy atom. The van der Waals surface area contributed by atoms with Crippen molar-refractivity contribution in [2.45, 2.75) is 6.42 Å². The van der Waals surface area contributed by atoms with Crippen LogP contribution in [0.1, 0.15) is 6.42 Å². The van der Waals surface area contributed by atoms with E-state index >= 15 is 0 Å². The number of nitrogens with zero attached hydrogens (tertiary/aromatic N) is 2. The van der Waals surface area contributed by atoms with Crippen molar-refractivity contribution in [1.82, 2.24) is 15.3 Å². The van der Waals surface area contributed by atoms with Crippen LogP contribution in [0.5, 0.6) is 0 Å². The third-order valence-electron chi connectivity index (χ3n) is 2.75. The fourth-order valence-electron chi connectivity index (χ4n) is 1.74. The summed E-state index contributed by atoms with van der Waals surface area (Å²) in [6.45, 7) is 0.532. The maximum absolute atomic E-state index is 11.2. The Kier molecular flexibility index (Phi) is 4.12. The number of nitrogens with one attached hydrogen (secondary N) is 3. The van der Waals surface area contributed by atoms with E-state index in [-0.39, 0.29) is 5.91 Å². The normalized spacial score (nSPS) is 10.2. The van der Waals surface area contributed by atoms with E-state index in [9.17, 15) is 4.79 Å². The lowest BCUT2D eigenvalue weighted by Gasteiger charge is -2.10. The third-order valence-corrected chi connectivity index (χ3v) is 2.75. The molecule has 0 aliphatic heterocycles. The van der Waals surface area contributed by atoms with Gasteiger partial charge in [-0.05, 0) is 12.1 Å². The van der Waals surface area contributed by atoms with E-state index in [0.29, 0.717) is 18.9 Å². The number of carbonyl (C=O) groups is 1. The highest BCUT2D eigenvalue weighted by Crippen LogP contribution is 2.21. The van der Waals surface area contributed by atoms with E-state index in [0.717, 1.165) is 16.7 Å². The predicted molar refractivity (Wildman–Crippen MR) is 76.3 cm³/mol. The fourth-order valence-corrected chi connectivity index (χ4v) is 1.74. The second kappa shape index (κ2) is 5.99. The van der Waals surface area contributed by atoms with E-state index in [1.807, 2.05) is 24.3 Å². The molecule has 1 heterocycles. The largest absolute Gasteiger partial charge is 0.369 e. The molecule has 19 heavy (non-hydrogen) atoms. The van der Waals surface area contributed by atoms with E-state index in [4.69, 9.17) is 0 Å². The van der Waals surface area contributed by atoms with Crippen molar-refractivity contribution in [3.63, 3.8) is 0 Å². The summed E-state index contributed by atoms with van der Waals surface area (Å²) in [6.07, 6.45) is 0.406. The van der Waals surface area contributed by atoms with Crippen molar-refractivity contribution in [2.24, 2.45) is 0 Å². The van der Waals surface area contributed by atoms with Crippen molar-refractivity contribution in [1.29, 1.82) is 0 Å². The molecule has 0 saturated carbocycles. The number of hydrogen-bond acceptors (Lipinski definition) is 5. The first-order valence-corrected chi connectivity index (χ1v) is 6.13. The van der Waals surface area contributed by atoms with Crippen molar-refractivity contribution in [3.8, 4) is 0 Å². The van der Waals surface area contributed by atoms with Gasteiger partial charge in [-0.2, -0.15) is 4.98 Å². The number of anilines is 2. The molecule has 6 heteroatoms. The number of para-hydroxylation sites is 1. The number of fused-ring (bicyclic) bond motifs is 1. The Labute approximate surface area is 111 Å². The Hall–Kier alpha value is -2.37. The topological polar surface area (TPSA) is 78.9 Å². The van der Waals surface area contributed by atoms with Gasteiger partial charge < -0.3 is 16.0 Å². The van der Waals surface area contributed by atoms with Crippen LogP contribution in [-0.2, 0) is 4.79 Å². The van der Waals surface area contributed by atoms with Gasteiger partial charge in [0.05, 0.1) is 5.52 Å². The van der Waals surface area contributed by atoms with Gasteiger partial charge in [-0.25, -0.2) is 4.98 Å². The molecule has 0 fully saturated rings. The molecule has 1 aromatic carbocycles. The molecule has 0 spiro atoms. The van der Waals surface area contributed by atoms with Crippen LogP contribution in [-0.4, -0.2) is 36.5 Å². The van der Waals surface area contributed by atoms with Crippen molar-refractivity contribution in [2.75, 3.05) is 31.3 Å². The molecule has 0 unspecified atom stereocenters. The van der Waals surface area contributed by atoms with E-state index in [1.54, 1.807) is 14.1 Å². The number of benzene rings is 1. The van der Waals surface area contributed by atoms with Crippen LogP contribution < -0.4 is 16.0 Å². The van der Waals surface area contributed by atoms with Crippen LogP contribution >= 0.6 is 0 Å².